The number of anilines is 1. The standard InChI is InChI=1S/C14H18N2S/c1-3-4-10-15-14-16-13(11(2)17-14)12-8-6-5-7-9-12/h5-9H,3-4,10H2,1-2H3,(H,15,16). The van der Waals surface area contributed by atoms with Crippen molar-refractivity contribution in [1.82, 2.24) is 4.98 Å². The molecule has 2 aromatic rings. The Bertz CT molecular complexity index is 462. The molecule has 0 saturated heterocycles. The monoisotopic (exact) mass is 246 g/mol. The van der Waals surface area contributed by atoms with Crippen LogP contribution < -0.4 is 5.32 Å². The zero-order valence-corrected chi connectivity index (χ0v) is 11.2. The van der Waals surface area contributed by atoms with Crippen LogP contribution in [0.1, 0.15) is 24.6 Å². The van der Waals surface area contributed by atoms with Gasteiger partial charge in [0.2, 0.25) is 0 Å². The van der Waals surface area contributed by atoms with Gasteiger partial charge in [-0.15, -0.1) is 11.3 Å². The number of hydrogen-bond donors (Lipinski definition) is 1. The molecule has 0 saturated carbocycles. The van der Waals surface area contributed by atoms with Crippen LogP contribution in [0.4, 0.5) is 5.13 Å². The molecule has 90 valence electrons. The van der Waals surface area contributed by atoms with Crippen molar-refractivity contribution in [3.8, 4) is 11.3 Å². The number of aromatic nitrogens is 1. The van der Waals surface area contributed by atoms with E-state index in [0.717, 1.165) is 17.4 Å². The minimum Gasteiger partial charge on any atom is -0.361 e. The maximum Gasteiger partial charge on any atom is 0.183 e. The predicted molar refractivity (Wildman–Crippen MR) is 75.7 cm³/mol. The van der Waals surface area contributed by atoms with Gasteiger partial charge in [0.15, 0.2) is 5.13 Å². The van der Waals surface area contributed by atoms with E-state index in [1.807, 2.05) is 6.07 Å². The third-order valence-corrected chi connectivity index (χ3v) is 3.58. The zero-order chi connectivity index (χ0) is 12.1. The molecule has 2 nitrogen and oxygen atoms in total. The topological polar surface area (TPSA) is 24.9 Å². The van der Waals surface area contributed by atoms with Gasteiger partial charge in [-0.2, -0.15) is 0 Å². The SMILES string of the molecule is CCCCNc1nc(-c2ccccc2)c(C)s1. The summed E-state index contributed by atoms with van der Waals surface area (Å²) in [6, 6.07) is 10.4. The van der Waals surface area contributed by atoms with E-state index in [9.17, 15) is 0 Å². The summed E-state index contributed by atoms with van der Waals surface area (Å²) in [6.07, 6.45) is 2.40. The van der Waals surface area contributed by atoms with Crippen molar-refractivity contribution in [3.63, 3.8) is 0 Å². The van der Waals surface area contributed by atoms with Gasteiger partial charge in [0.25, 0.3) is 0 Å². The van der Waals surface area contributed by atoms with E-state index in [1.54, 1.807) is 11.3 Å². The lowest BCUT2D eigenvalue weighted by Gasteiger charge is -1.99. The highest BCUT2D eigenvalue weighted by atomic mass is 32.1. The molecule has 0 atom stereocenters. The van der Waals surface area contributed by atoms with Crippen LogP contribution in [0.2, 0.25) is 0 Å². The summed E-state index contributed by atoms with van der Waals surface area (Å²) in [4.78, 5) is 5.93. The number of thiazole rings is 1. The molecular formula is C14H18N2S. The summed E-state index contributed by atoms with van der Waals surface area (Å²) >= 11 is 1.74. The van der Waals surface area contributed by atoms with Crippen molar-refractivity contribution in [3.05, 3.63) is 35.2 Å². The van der Waals surface area contributed by atoms with Gasteiger partial charge in [0.1, 0.15) is 0 Å². The van der Waals surface area contributed by atoms with Gasteiger partial charge in [-0.25, -0.2) is 4.98 Å². The zero-order valence-electron chi connectivity index (χ0n) is 10.4. The molecule has 0 fully saturated rings. The van der Waals surface area contributed by atoms with Gasteiger partial charge >= 0.3 is 0 Å². The number of nitrogens with zero attached hydrogens (tertiary/aromatic N) is 1. The molecule has 0 aliphatic carbocycles. The smallest absolute Gasteiger partial charge is 0.183 e. The lowest BCUT2D eigenvalue weighted by molar-refractivity contribution is 0.833. The first-order chi connectivity index (χ1) is 8.31. The number of aryl methyl sites for hydroxylation is 1. The number of unbranched alkanes of at least 4 members (excludes halogenated alkanes) is 1. The van der Waals surface area contributed by atoms with Crippen LogP contribution in [0.15, 0.2) is 30.3 Å². The van der Waals surface area contributed by atoms with Crippen LogP contribution in [0.3, 0.4) is 0 Å². The minimum absolute atomic E-state index is 1.01. The molecule has 0 spiro atoms. The second kappa shape index (κ2) is 5.82. The number of rotatable bonds is 5. The Morgan fingerprint density at radius 2 is 2.00 bits per heavy atom. The highest BCUT2D eigenvalue weighted by Crippen LogP contribution is 2.29. The first-order valence-electron chi connectivity index (χ1n) is 6.08. The van der Waals surface area contributed by atoms with Crippen LogP contribution in [-0.2, 0) is 0 Å². The molecule has 1 aromatic carbocycles. The summed E-state index contributed by atoms with van der Waals surface area (Å²) in [7, 11) is 0. The number of hydrogen-bond acceptors (Lipinski definition) is 3. The number of benzene rings is 1. The van der Waals surface area contributed by atoms with Crippen molar-refractivity contribution >= 4 is 16.5 Å². The van der Waals surface area contributed by atoms with Crippen LogP contribution in [0.5, 0.6) is 0 Å². The third-order valence-electron chi connectivity index (χ3n) is 2.65. The molecule has 0 radical (unpaired) electrons. The molecule has 0 aliphatic rings. The maximum absolute atomic E-state index is 4.66. The average molecular weight is 246 g/mol. The van der Waals surface area contributed by atoms with E-state index >= 15 is 0 Å². The van der Waals surface area contributed by atoms with Gasteiger partial charge < -0.3 is 5.32 Å². The molecule has 17 heavy (non-hydrogen) atoms. The van der Waals surface area contributed by atoms with Crippen LogP contribution in [-0.4, -0.2) is 11.5 Å². The molecule has 3 heteroatoms. The van der Waals surface area contributed by atoms with Gasteiger partial charge in [-0.05, 0) is 13.3 Å². The second-order valence-corrected chi connectivity index (χ2v) is 5.27. The minimum atomic E-state index is 1.01. The van der Waals surface area contributed by atoms with Crippen molar-refractivity contribution in [2.75, 3.05) is 11.9 Å². The van der Waals surface area contributed by atoms with Gasteiger partial charge in [0.05, 0.1) is 5.69 Å². The highest BCUT2D eigenvalue weighted by molar-refractivity contribution is 7.16. The fraction of sp³-hybridized carbons (Fsp3) is 0.357. The fourth-order valence-corrected chi connectivity index (χ4v) is 2.57. The quantitative estimate of drug-likeness (QED) is 0.794. The largest absolute Gasteiger partial charge is 0.361 e. The summed E-state index contributed by atoms with van der Waals surface area (Å²) in [5.74, 6) is 0. The molecule has 2 rings (SSSR count). The highest BCUT2D eigenvalue weighted by Gasteiger charge is 2.08. The first-order valence-corrected chi connectivity index (χ1v) is 6.89. The molecular weight excluding hydrogens is 228 g/mol. The summed E-state index contributed by atoms with van der Waals surface area (Å²) in [6.45, 7) is 5.34. The molecule has 1 aromatic heterocycles. The van der Waals surface area contributed by atoms with Crippen molar-refractivity contribution in [2.24, 2.45) is 0 Å². The Labute approximate surface area is 107 Å². The molecule has 1 heterocycles. The molecule has 0 unspecified atom stereocenters. The van der Waals surface area contributed by atoms with Gasteiger partial charge in [-0.3, -0.25) is 0 Å². The maximum atomic E-state index is 4.66. The van der Waals surface area contributed by atoms with E-state index in [4.69, 9.17) is 0 Å². The lowest BCUT2D eigenvalue weighted by atomic mass is 10.1. The third kappa shape index (κ3) is 3.07. The molecule has 0 aliphatic heterocycles. The van der Waals surface area contributed by atoms with Crippen LogP contribution in [0, 0.1) is 6.92 Å². The van der Waals surface area contributed by atoms with E-state index in [-0.39, 0.29) is 0 Å². The van der Waals surface area contributed by atoms with E-state index in [2.05, 4.69) is 48.4 Å². The fourth-order valence-electron chi connectivity index (χ4n) is 1.71. The lowest BCUT2D eigenvalue weighted by Crippen LogP contribution is -1.99. The molecule has 0 amide bonds. The Morgan fingerprint density at radius 1 is 1.24 bits per heavy atom. The molecule has 0 bridgehead atoms. The Morgan fingerprint density at radius 3 is 2.71 bits per heavy atom. The molecule has 1 N–H and O–H groups in total. The van der Waals surface area contributed by atoms with Gasteiger partial charge in [0, 0.05) is 17.0 Å². The van der Waals surface area contributed by atoms with Crippen molar-refractivity contribution in [2.45, 2.75) is 26.7 Å². The van der Waals surface area contributed by atoms with Crippen molar-refractivity contribution < 1.29 is 0 Å². The van der Waals surface area contributed by atoms with Gasteiger partial charge in [-0.1, -0.05) is 43.7 Å². The van der Waals surface area contributed by atoms with Crippen molar-refractivity contribution in [1.29, 1.82) is 0 Å². The normalized spacial score (nSPS) is 10.5. The van der Waals surface area contributed by atoms with Crippen LogP contribution in [0.25, 0.3) is 11.3 Å². The average Bonchev–Trinajstić information content (AvgIpc) is 2.72. The van der Waals surface area contributed by atoms with E-state index < -0.39 is 0 Å². The summed E-state index contributed by atoms with van der Waals surface area (Å²) in [5, 5.41) is 4.42. The summed E-state index contributed by atoms with van der Waals surface area (Å²) < 4.78 is 0. The van der Waals surface area contributed by atoms with E-state index in [1.165, 1.54) is 23.3 Å². The predicted octanol–water partition coefficient (Wildman–Crippen LogP) is 4.33. The number of nitrogens with one attached hydrogen (secondary N) is 1. The Hall–Kier alpha value is -1.35. The van der Waals surface area contributed by atoms with Crippen LogP contribution >= 0.6 is 11.3 Å². The van der Waals surface area contributed by atoms with E-state index in [0.29, 0.717) is 0 Å². The summed E-state index contributed by atoms with van der Waals surface area (Å²) in [5.41, 5.74) is 2.30. The Kier molecular flexibility index (Phi) is 4.15. The Balaban J connectivity index is 2.14. The second-order valence-electron chi connectivity index (χ2n) is 4.07. The first kappa shape index (κ1) is 12.1.